The van der Waals surface area contributed by atoms with Crippen molar-refractivity contribution in [2.75, 3.05) is 30.0 Å². The second kappa shape index (κ2) is 10.4. The Morgan fingerprint density at radius 3 is 2.60 bits per heavy atom. The van der Waals surface area contributed by atoms with Crippen molar-refractivity contribution in [1.82, 2.24) is 0 Å². The molecule has 0 atom stereocenters. The molecule has 0 fully saturated rings. The number of carbonyl (C=O) groups excluding carboxylic acids is 3. The SMILES string of the molecule is CCCCOC(=O)c1ccc(NC(=O)CCC(=O)N2CCOc3ccccc32)cc1. The third-order valence-corrected chi connectivity index (χ3v) is 4.73. The number of hydrogen-bond acceptors (Lipinski definition) is 5. The number of esters is 1. The van der Waals surface area contributed by atoms with Crippen LogP contribution in [0.1, 0.15) is 43.0 Å². The van der Waals surface area contributed by atoms with Crippen LogP contribution in [0.15, 0.2) is 48.5 Å². The largest absolute Gasteiger partial charge is 0.490 e. The van der Waals surface area contributed by atoms with E-state index < -0.39 is 0 Å². The number of nitrogens with one attached hydrogen (secondary N) is 1. The lowest BCUT2D eigenvalue weighted by atomic mass is 10.2. The highest BCUT2D eigenvalue weighted by atomic mass is 16.5. The molecule has 7 nitrogen and oxygen atoms in total. The first-order valence-electron chi connectivity index (χ1n) is 10.2. The molecule has 0 radical (unpaired) electrons. The van der Waals surface area contributed by atoms with Crippen LogP contribution >= 0.6 is 0 Å². The Labute approximate surface area is 176 Å². The molecule has 30 heavy (non-hydrogen) atoms. The van der Waals surface area contributed by atoms with Crippen LogP contribution in [0.5, 0.6) is 5.75 Å². The zero-order valence-electron chi connectivity index (χ0n) is 17.1. The minimum Gasteiger partial charge on any atom is -0.490 e. The number of unbranched alkanes of at least 4 members (excludes halogenated alkanes) is 1. The third kappa shape index (κ3) is 5.59. The van der Waals surface area contributed by atoms with Gasteiger partial charge in [-0.3, -0.25) is 9.59 Å². The summed E-state index contributed by atoms with van der Waals surface area (Å²) in [5.41, 5.74) is 1.73. The van der Waals surface area contributed by atoms with Crippen molar-refractivity contribution in [3.8, 4) is 5.75 Å². The second-order valence-electron chi connectivity index (χ2n) is 6.98. The van der Waals surface area contributed by atoms with Gasteiger partial charge in [-0.1, -0.05) is 25.5 Å². The van der Waals surface area contributed by atoms with Crippen LogP contribution in [0.3, 0.4) is 0 Å². The Bertz CT molecular complexity index is 895. The molecule has 0 spiro atoms. The molecule has 3 rings (SSSR count). The molecule has 0 saturated carbocycles. The van der Waals surface area contributed by atoms with Crippen LogP contribution in [0.2, 0.25) is 0 Å². The van der Waals surface area contributed by atoms with E-state index in [0.717, 1.165) is 18.5 Å². The number of nitrogens with zero attached hydrogens (tertiary/aromatic N) is 1. The number of anilines is 2. The topological polar surface area (TPSA) is 84.9 Å². The maximum Gasteiger partial charge on any atom is 0.338 e. The minimum atomic E-state index is -0.377. The van der Waals surface area contributed by atoms with E-state index in [1.165, 1.54) is 0 Å². The number of ether oxygens (including phenoxy) is 2. The number of rotatable bonds is 8. The van der Waals surface area contributed by atoms with Crippen molar-refractivity contribution in [3.05, 3.63) is 54.1 Å². The zero-order chi connectivity index (χ0) is 21.3. The summed E-state index contributed by atoms with van der Waals surface area (Å²) in [6, 6.07) is 13.9. The number of benzene rings is 2. The minimum absolute atomic E-state index is 0.0686. The van der Waals surface area contributed by atoms with Gasteiger partial charge < -0.3 is 19.7 Å². The summed E-state index contributed by atoms with van der Waals surface area (Å²) in [5, 5.41) is 2.75. The normalized spacial score (nSPS) is 12.5. The fourth-order valence-electron chi connectivity index (χ4n) is 3.09. The van der Waals surface area contributed by atoms with Crippen molar-refractivity contribution in [2.45, 2.75) is 32.6 Å². The van der Waals surface area contributed by atoms with E-state index in [2.05, 4.69) is 5.32 Å². The maximum atomic E-state index is 12.6. The highest BCUT2D eigenvalue weighted by molar-refractivity contribution is 5.99. The van der Waals surface area contributed by atoms with Crippen LogP contribution < -0.4 is 15.0 Å². The second-order valence-corrected chi connectivity index (χ2v) is 6.98. The Balaban J connectivity index is 1.48. The Morgan fingerprint density at radius 1 is 1.07 bits per heavy atom. The molecule has 1 aliphatic heterocycles. The molecule has 1 aliphatic rings. The maximum absolute atomic E-state index is 12.6. The Morgan fingerprint density at radius 2 is 1.83 bits per heavy atom. The van der Waals surface area contributed by atoms with Gasteiger partial charge in [0.25, 0.3) is 0 Å². The van der Waals surface area contributed by atoms with Gasteiger partial charge in [-0.05, 0) is 42.8 Å². The lowest BCUT2D eigenvalue weighted by molar-refractivity contribution is -0.122. The van der Waals surface area contributed by atoms with E-state index in [0.29, 0.717) is 36.8 Å². The summed E-state index contributed by atoms with van der Waals surface area (Å²) >= 11 is 0. The number of hydrogen-bond donors (Lipinski definition) is 1. The smallest absolute Gasteiger partial charge is 0.338 e. The monoisotopic (exact) mass is 410 g/mol. The molecule has 2 aromatic carbocycles. The zero-order valence-corrected chi connectivity index (χ0v) is 17.1. The van der Waals surface area contributed by atoms with Gasteiger partial charge in [-0.25, -0.2) is 4.79 Å². The molecule has 158 valence electrons. The van der Waals surface area contributed by atoms with Gasteiger partial charge in [0.1, 0.15) is 12.4 Å². The average molecular weight is 410 g/mol. The first-order valence-corrected chi connectivity index (χ1v) is 10.2. The van der Waals surface area contributed by atoms with E-state index in [-0.39, 0.29) is 30.6 Å². The summed E-state index contributed by atoms with van der Waals surface area (Å²) in [7, 11) is 0. The van der Waals surface area contributed by atoms with Gasteiger partial charge in [0.2, 0.25) is 11.8 Å². The van der Waals surface area contributed by atoms with Gasteiger partial charge in [0, 0.05) is 18.5 Å². The number of carbonyl (C=O) groups is 3. The van der Waals surface area contributed by atoms with Gasteiger partial charge in [-0.2, -0.15) is 0 Å². The fourth-order valence-corrected chi connectivity index (χ4v) is 3.09. The van der Waals surface area contributed by atoms with Gasteiger partial charge in [0.05, 0.1) is 24.4 Å². The number of fused-ring (bicyclic) bond motifs is 1. The molecule has 0 aliphatic carbocycles. The lowest BCUT2D eigenvalue weighted by Gasteiger charge is -2.29. The van der Waals surface area contributed by atoms with Crippen molar-refractivity contribution in [2.24, 2.45) is 0 Å². The van der Waals surface area contributed by atoms with Gasteiger partial charge in [-0.15, -0.1) is 0 Å². The molecule has 0 aromatic heterocycles. The van der Waals surface area contributed by atoms with Gasteiger partial charge in [0.15, 0.2) is 0 Å². The molecular formula is C23H26N2O5. The van der Waals surface area contributed by atoms with Crippen molar-refractivity contribution in [3.63, 3.8) is 0 Å². The van der Waals surface area contributed by atoms with E-state index in [4.69, 9.17) is 9.47 Å². The predicted molar refractivity (Wildman–Crippen MR) is 114 cm³/mol. The van der Waals surface area contributed by atoms with Crippen LogP contribution in [0, 0.1) is 0 Å². The molecule has 1 N–H and O–H groups in total. The first-order chi connectivity index (χ1) is 14.6. The molecular weight excluding hydrogens is 384 g/mol. The summed E-state index contributed by atoms with van der Waals surface area (Å²) in [5.74, 6) is -0.0817. The quantitative estimate of drug-likeness (QED) is 0.529. The Kier molecular flexibility index (Phi) is 7.43. The molecule has 2 aromatic rings. The third-order valence-electron chi connectivity index (χ3n) is 4.73. The fraction of sp³-hybridized carbons (Fsp3) is 0.348. The van der Waals surface area contributed by atoms with E-state index in [1.807, 2.05) is 31.2 Å². The average Bonchev–Trinajstić information content (AvgIpc) is 2.77. The number of para-hydroxylation sites is 2. The molecule has 0 unspecified atom stereocenters. The number of amides is 2. The summed E-state index contributed by atoms with van der Waals surface area (Å²) in [6.07, 6.45) is 1.95. The van der Waals surface area contributed by atoms with Crippen molar-refractivity contribution >= 4 is 29.2 Å². The standard InChI is InChI=1S/C23H26N2O5/c1-2-3-15-30-23(28)17-8-10-18(11-9-17)24-21(26)12-13-22(27)25-14-16-29-20-7-5-4-6-19(20)25/h4-11H,2-3,12-16H2,1H3,(H,24,26). The molecule has 0 bridgehead atoms. The van der Waals surface area contributed by atoms with E-state index >= 15 is 0 Å². The van der Waals surface area contributed by atoms with Crippen molar-refractivity contribution < 1.29 is 23.9 Å². The highest BCUT2D eigenvalue weighted by Crippen LogP contribution is 2.31. The summed E-state index contributed by atoms with van der Waals surface area (Å²) in [4.78, 5) is 38.4. The molecule has 1 heterocycles. The van der Waals surface area contributed by atoms with E-state index in [1.54, 1.807) is 29.2 Å². The molecule has 0 saturated heterocycles. The summed E-state index contributed by atoms with van der Waals surface area (Å²) in [6.45, 7) is 3.32. The molecule has 7 heteroatoms. The highest BCUT2D eigenvalue weighted by Gasteiger charge is 2.23. The van der Waals surface area contributed by atoms with E-state index in [9.17, 15) is 14.4 Å². The van der Waals surface area contributed by atoms with Crippen LogP contribution in [-0.4, -0.2) is 37.5 Å². The van der Waals surface area contributed by atoms with Crippen LogP contribution in [-0.2, 0) is 14.3 Å². The van der Waals surface area contributed by atoms with Crippen LogP contribution in [0.25, 0.3) is 0 Å². The summed E-state index contributed by atoms with van der Waals surface area (Å²) < 4.78 is 10.7. The Hall–Kier alpha value is -3.35. The van der Waals surface area contributed by atoms with Crippen molar-refractivity contribution in [1.29, 1.82) is 0 Å². The van der Waals surface area contributed by atoms with Gasteiger partial charge >= 0.3 is 5.97 Å². The first kappa shape index (κ1) is 21.4. The molecule has 2 amide bonds. The van der Waals surface area contributed by atoms with Crippen LogP contribution in [0.4, 0.5) is 11.4 Å². The predicted octanol–water partition coefficient (Wildman–Crippen LogP) is 3.79. The lowest BCUT2D eigenvalue weighted by Crippen LogP contribution is -2.38.